The van der Waals surface area contributed by atoms with Crippen molar-refractivity contribution >= 4 is 10.0 Å². The monoisotopic (exact) mass is 235 g/mol. The molecule has 0 spiro atoms. The van der Waals surface area contributed by atoms with Gasteiger partial charge in [-0.05, 0) is 6.92 Å². The summed E-state index contributed by atoms with van der Waals surface area (Å²) in [4.78, 5) is 5.99. The summed E-state index contributed by atoms with van der Waals surface area (Å²) in [5.74, 6) is 0. The number of H-pyrrole nitrogens is 1. The lowest BCUT2D eigenvalue weighted by molar-refractivity contribution is 0.121. The van der Waals surface area contributed by atoms with E-state index in [9.17, 15) is 8.42 Å². The zero-order valence-electron chi connectivity index (χ0n) is 8.14. The molecule has 15 heavy (non-hydrogen) atoms. The van der Waals surface area contributed by atoms with Crippen LogP contribution in [0.1, 0.15) is 6.92 Å². The minimum atomic E-state index is -3.79. The maximum absolute atomic E-state index is 11.6. The fraction of sp³-hybridized carbons (Fsp3) is 0.571. The molecule has 0 saturated heterocycles. The molecule has 0 saturated carbocycles. The van der Waals surface area contributed by atoms with Crippen LogP contribution in [0.4, 0.5) is 0 Å². The van der Waals surface area contributed by atoms with Crippen LogP contribution in [0.15, 0.2) is 17.6 Å². The van der Waals surface area contributed by atoms with Gasteiger partial charge in [0.15, 0.2) is 5.03 Å². The third-order valence-electron chi connectivity index (χ3n) is 1.84. The molecule has 0 bridgehead atoms. The predicted molar refractivity (Wildman–Crippen MR) is 51.5 cm³/mol. The first-order valence-corrected chi connectivity index (χ1v) is 5.66. The Hall–Kier alpha value is -0.960. The van der Waals surface area contributed by atoms with E-state index in [-0.39, 0.29) is 5.03 Å². The average molecular weight is 235 g/mol. The maximum Gasteiger partial charge on any atom is 0.258 e. The van der Waals surface area contributed by atoms with Crippen molar-refractivity contribution in [3.8, 4) is 0 Å². The molecular formula is C7H13N3O4S. The van der Waals surface area contributed by atoms with Crippen molar-refractivity contribution in [1.29, 1.82) is 0 Å². The minimum absolute atomic E-state index is 0.115. The van der Waals surface area contributed by atoms with Gasteiger partial charge in [-0.25, -0.2) is 13.4 Å². The molecule has 0 unspecified atom stereocenters. The van der Waals surface area contributed by atoms with Gasteiger partial charge in [0.05, 0.1) is 31.3 Å². The van der Waals surface area contributed by atoms with E-state index >= 15 is 0 Å². The quantitative estimate of drug-likeness (QED) is 0.492. The van der Waals surface area contributed by atoms with Gasteiger partial charge in [0, 0.05) is 0 Å². The molecule has 1 heterocycles. The van der Waals surface area contributed by atoms with Gasteiger partial charge in [0.2, 0.25) is 0 Å². The van der Waals surface area contributed by atoms with Crippen molar-refractivity contribution in [2.75, 3.05) is 13.2 Å². The largest absolute Gasteiger partial charge is 0.394 e. The minimum Gasteiger partial charge on any atom is -0.394 e. The average Bonchev–Trinajstić information content (AvgIpc) is 2.70. The van der Waals surface area contributed by atoms with Crippen molar-refractivity contribution in [3.05, 3.63) is 12.5 Å². The Labute approximate surface area is 87.2 Å². The van der Waals surface area contributed by atoms with Crippen LogP contribution < -0.4 is 4.72 Å². The van der Waals surface area contributed by atoms with E-state index in [0.29, 0.717) is 0 Å². The maximum atomic E-state index is 11.6. The third kappa shape index (κ3) is 2.75. The Morgan fingerprint density at radius 1 is 1.53 bits per heavy atom. The van der Waals surface area contributed by atoms with Crippen molar-refractivity contribution < 1.29 is 18.6 Å². The summed E-state index contributed by atoms with van der Waals surface area (Å²) in [6.07, 6.45) is 2.36. The van der Waals surface area contributed by atoms with Crippen molar-refractivity contribution in [2.45, 2.75) is 17.5 Å². The van der Waals surface area contributed by atoms with E-state index in [1.807, 2.05) is 0 Å². The van der Waals surface area contributed by atoms with Crippen LogP contribution in [0.25, 0.3) is 0 Å². The lowest BCUT2D eigenvalue weighted by Gasteiger charge is -2.25. The lowest BCUT2D eigenvalue weighted by Crippen LogP contribution is -2.51. The van der Waals surface area contributed by atoms with Crippen LogP contribution in [0, 0.1) is 0 Å². The van der Waals surface area contributed by atoms with E-state index in [2.05, 4.69) is 14.7 Å². The van der Waals surface area contributed by atoms with Gasteiger partial charge >= 0.3 is 0 Å². The number of nitrogens with one attached hydrogen (secondary N) is 2. The second kappa shape index (κ2) is 4.27. The molecule has 0 aromatic carbocycles. The van der Waals surface area contributed by atoms with Gasteiger partial charge in [-0.2, -0.15) is 4.72 Å². The molecule has 7 nitrogen and oxygen atoms in total. The molecule has 0 aliphatic rings. The Kier molecular flexibility index (Phi) is 3.45. The smallest absolute Gasteiger partial charge is 0.258 e. The topological polar surface area (TPSA) is 115 Å². The molecule has 0 atom stereocenters. The van der Waals surface area contributed by atoms with E-state index in [4.69, 9.17) is 10.2 Å². The second-order valence-electron chi connectivity index (χ2n) is 3.40. The van der Waals surface area contributed by atoms with Crippen LogP contribution in [0.3, 0.4) is 0 Å². The second-order valence-corrected chi connectivity index (χ2v) is 5.05. The van der Waals surface area contributed by atoms with Crippen LogP contribution in [0.5, 0.6) is 0 Å². The van der Waals surface area contributed by atoms with Gasteiger partial charge in [0.25, 0.3) is 10.0 Å². The summed E-state index contributed by atoms with van der Waals surface area (Å²) in [7, 11) is -3.79. The zero-order valence-corrected chi connectivity index (χ0v) is 8.95. The Morgan fingerprint density at radius 2 is 2.13 bits per heavy atom. The highest BCUT2D eigenvalue weighted by atomic mass is 32.2. The number of rotatable bonds is 5. The molecule has 8 heteroatoms. The van der Waals surface area contributed by atoms with Gasteiger partial charge < -0.3 is 15.2 Å². The van der Waals surface area contributed by atoms with E-state index in [1.165, 1.54) is 13.3 Å². The number of nitrogens with zero attached hydrogens (tertiary/aromatic N) is 1. The summed E-state index contributed by atoms with van der Waals surface area (Å²) < 4.78 is 25.4. The third-order valence-corrected chi connectivity index (χ3v) is 3.41. The van der Waals surface area contributed by atoms with Crippen molar-refractivity contribution in [3.63, 3.8) is 0 Å². The zero-order chi connectivity index (χ0) is 11.5. The Balaban J connectivity index is 2.91. The molecule has 0 aliphatic carbocycles. The Bertz CT molecular complexity index is 396. The van der Waals surface area contributed by atoms with Gasteiger partial charge in [-0.3, -0.25) is 0 Å². The Morgan fingerprint density at radius 3 is 2.53 bits per heavy atom. The fourth-order valence-electron chi connectivity index (χ4n) is 0.884. The number of sulfonamides is 1. The summed E-state index contributed by atoms with van der Waals surface area (Å²) >= 11 is 0. The van der Waals surface area contributed by atoms with Crippen molar-refractivity contribution in [1.82, 2.24) is 14.7 Å². The van der Waals surface area contributed by atoms with Crippen molar-refractivity contribution in [2.24, 2.45) is 0 Å². The molecule has 86 valence electrons. The van der Waals surface area contributed by atoms with Gasteiger partial charge in [-0.15, -0.1) is 0 Å². The number of aromatic amines is 1. The fourth-order valence-corrected chi connectivity index (χ4v) is 2.18. The number of imidazole rings is 1. The SMILES string of the molecule is CC(CO)(CO)NS(=O)(=O)c1cnc[nH]1. The van der Waals surface area contributed by atoms with E-state index in [0.717, 1.165) is 6.20 Å². The number of aliphatic hydroxyl groups excluding tert-OH is 2. The molecule has 0 amide bonds. The molecule has 0 radical (unpaired) electrons. The summed E-state index contributed by atoms with van der Waals surface area (Å²) in [6, 6.07) is 0. The van der Waals surface area contributed by atoms with Crippen LogP contribution >= 0.6 is 0 Å². The van der Waals surface area contributed by atoms with Crippen LogP contribution in [-0.2, 0) is 10.0 Å². The predicted octanol–water partition coefficient (Wildman–Crippen LogP) is -1.57. The van der Waals surface area contributed by atoms with Gasteiger partial charge in [-0.1, -0.05) is 0 Å². The van der Waals surface area contributed by atoms with E-state index < -0.39 is 28.8 Å². The van der Waals surface area contributed by atoms with Crippen LogP contribution in [0.2, 0.25) is 0 Å². The normalized spacial score (nSPS) is 13.0. The number of aromatic nitrogens is 2. The summed E-state index contributed by atoms with van der Waals surface area (Å²) in [6.45, 7) is 0.384. The molecule has 1 rings (SSSR count). The first kappa shape index (κ1) is 12.1. The summed E-state index contributed by atoms with van der Waals surface area (Å²) in [5, 5.41) is 17.8. The molecular weight excluding hydrogens is 222 g/mol. The molecule has 1 aromatic heterocycles. The first-order valence-electron chi connectivity index (χ1n) is 4.17. The lowest BCUT2D eigenvalue weighted by atomic mass is 10.1. The standard InChI is InChI=1S/C7H13N3O4S/c1-7(3-11,4-12)10-15(13,14)6-2-8-5-9-6/h2,5,10-12H,3-4H2,1H3,(H,8,9). The van der Waals surface area contributed by atoms with Gasteiger partial charge in [0.1, 0.15) is 0 Å². The highest BCUT2D eigenvalue weighted by molar-refractivity contribution is 7.89. The molecule has 0 fully saturated rings. The molecule has 1 aromatic rings. The highest BCUT2D eigenvalue weighted by Gasteiger charge is 2.30. The molecule has 0 aliphatic heterocycles. The van der Waals surface area contributed by atoms with E-state index in [1.54, 1.807) is 0 Å². The number of hydrogen-bond donors (Lipinski definition) is 4. The number of aliphatic hydroxyl groups is 2. The summed E-state index contributed by atoms with van der Waals surface area (Å²) in [5.41, 5.74) is -1.29. The first-order chi connectivity index (χ1) is 6.93. The van der Waals surface area contributed by atoms with Crippen LogP contribution in [-0.4, -0.2) is 47.4 Å². The number of hydrogen-bond acceptors (Lipinski definition) is 5. The highest BCUT2D eigenvalue weighted by Crippen LogP contribution is 2.09. The molecule has 4 N–H and O–H groups in total.